The number of nitrogens with one attached hydrogen (secondary N) is 2. The lowest BCUT2D eigenvalue weighted by atomic mass is 10.1. The Morgan fingerprint density at radius 3 is 3.06 bits per heavy atom. The van der Waals surface area contributed by atoms with Crippen LogP contribution in [0.15, 0.2) is 9.85 Å². The topological polar surface area (TPSA) is 41.1 Å². The molecule has 2 heterocycles. The fourth-order valence-electron chi connectivity index (χ4n) is 1.80. The minimum absolute atomic E-state index is 0.0486. The van der Waals surface area contributed by atoms with Crippen molar-refractivity contribution in [1.82, 2.24) is 10.6 Å². The summed E-state index contributed by atoms with van der Waals surface area (Å²) in [5.41, 5.74) is 1.12. The largest absolute Gasteiger partial charge is 0.347 e. The van der Waals surface area contributed by atoms with Gasteiger partial charge in [0.05, 0.1) is 8.66 Å². The highest BCUT2D eigenvalue weighted by molar-refractivity contribution is 9.11. The second-order valence-corrected chi connectivity index (χ2v) is 6.45. The summed E-state index contributed by atoms with van der Waals surface area (Å²) in [4.78, 5) is 12.7. The molecule has 0 radical (unpaired) electrons. The Labute approximate surface area is 108 Å². The van der Waals surface area contributed by atoms with Crippen molar-refractivity contribution in [3.8, 4) is 0 Å². The van der Waals surface area contributed by atoms with Crippen molar-refractivity contribution >= 4 is 33.2 Å². The van der Waals surface area contributed by atoms with Crippen LogP contribution in [0, 0.1) is 6.92 Å². The zero-order chi connectivity index (χ0) is 11.5. The van der Waals surface area contributed by atoms with Crippen LogP contribution in [-0.2, 0) is 0 Å². The van der Waals surface area contributed by atoms with Gasteiger partial charge in [-0.25, -0.2) is 0 Å². The summed E-state index contributed by atoms with van der Waals surface area (Å²) in [5, 5.41) is 6.35. The SMILES string of the molecule is Cc1cc(C(=O)NC2CCCNC2)sc1Br. The summed E-state index contributed by atoms with van der Waals surface area (Å²) in [5.74, 6) is 0.0486. The third-order valence-corrected chi connectivity index (χ3v) is 4.85. The van der Waals surface area contributed by atoms with E-state index in [9.17, 15) is 4.79 Å². The van der Waals surface area contributed by atoms with E-state index >= 15 is 0 Å². The Morgan fingerprint density at radius 2 is 2.50 bits per heavy atom. The van der Waals surface area contributed by atoms with E-state index in [0.29, 0.717) is 0 Å². The molecule has 0 spiro atoms. The number of rotatable bonds is 2. The third-order valence-electron chi connectivity index (χ3n) is 2.71. The molecule has 1 amide bonds. The van der Waals surface area contributed by atoms with Crippen molar-refractivity contribution in [2.24, 2.45) is 0 Å². The maximum absolute atomic E-state index is 11.9. The van der Waals surface area contributed by atoms with Crippen LogP contribution in [0.2, 0.25) is 0 Å². The van der Waals surface area contributed by atoms with Gasteiger partial charge < -0.3 is 10.6 Å². The average molecular weight is 303 g/mol. The standard InChI is InChI=1S/C11H15BrN2OS/c1-7-5-9(16-10(7)12)11(15)14-8-3-2-4-13-6-8/h5,8,13H,2-4,6H2,1H3,(H,14,15). The minimum Gasteiger partial charge on any atom is -0.347 e. The normalized spacial score (nSPS) is 20.8. The number of halogens is 1. The van der Waals surface area contributed by atoms with Gasteiger partial charge in [0.25, 0.3) is 5.91 Å². The van der Waals surface area contributed by atoms with Crippen LogP contribution in [0.3, 0.4) is 0 Å². The molecule has 1 aliphatic rings. The molecule has 88 valence electrons. The highest BCUT2D eigenvalue weighted by Crippen LogP contribution is 2.27. The van der Waals surface area contributed by atoms with Crippen LogP contribution in [0.4, 0.5) is 0 Å². The maximum Gasteiger partial charge on any atom is 0.261 e. The zero-order valence-corrected chi connectivity index (χ0v) is 11.6. The first-order valence-corrected chi connectivity index (χ1v) is 7.05. The smallest absolute Gasteiger partial charge is 0.261 e. The van der Waals surface area contributed by atoms with Crippen molar-refractivity contribution in [1.29, 1.82) is 0 Å². The predicted molar refractivity (Wildman–Crippen MR) is 70.1 cm³/mol. The Bertz CT molecular complexity index is 366. The Balaban J connectivity index is 1.96. The van der Waals surface area contributed by atoms with Crippen molar-refractivity contribution < 1.29 is 4.79 Å². The number of hydrogen-bond donors (Lipinski definition) is 2. The van der Waals surface area contributed by atoms with Crippen LogP contribution in [0.25, 0.3) is 0 Å². The molecular weight excluding hydrogens is 288 g/mol. The molecule has 1 aromatic rings. The van der Waals surface area contributed by atoms with Crippen molar-refractivity contribution in [3.05, 3.63) is 20.3 Å². The molecule has 0 aromatic carbocycles. The van der Waals surface area contributed by atoms with E-state index in [2.05, 4.69) is 26.6 Å². The highest BCUT2D eigenvalue weighted by atomic mass is 79.9. The maximum atomic E-state index is 11.9. The Kier molecular flexibility index (Phi) is 4.00. The predicted octanol–water partition coefficient (Wildman–Crippen LogP) is 2.30. The molecule has 5 heteroatoms. The molecule has 1 unspecified atom stereocenters. The molecule has 1 fully saturated rings. The fraction of sp³-hybridized carbons (Fsp3) is 0.545. The van der Waals surface area contributed by atoms with E-state index < -0.39 is 0 Å². The van der Waals surface area contributed by atoms with Gasteiger partial charge in [0.1, 0.15) is 0 Å². The molecule has 1 aromatic heterocycles. The lowest BCUT2D eigenvalue weighted by Gasteiger charge is -2.23. The fourth-order valence-corrected chi connectivity index (χ4v) is 3.24. The molecule has 16 heavy (non-hydrogen) atoms. The Hall–Kier alpha value is -0.390. The number of aryl methyl sites for hydroxylation is 1. The third kappa shape index (κ3) is 2.84. The first-order chi connectivity index (χ1) is 7.66. The van der Waals surface area contributed by atoms with Crippen LogP contribution in [0.5, 0.6) is 0 Å². The van der Waals surface area contributed by atoms with Gasteiger partial charge in [0, 0.05) is 12.6 Å². The molecule has 0 aliphatic carbocycles. The number of carbonyl (C=O) groups excluding carboxylic acids is 1. The van der Waals surface area contributed by atoms with Gasteiger partial charge in [-0.05, 0) is 53.9 Å². The van der Waals surface area contributed by atoms with Crippen LogP contribution in [-0.4, -0.2) is 25.0 Å². The minimum atomic E-state index is 0.0486. The van der Waals surface area contributed by atoms with Crippen molar-refractivity contribution in [2.45, 2.75) is 25.8 Å². The first kappa shape index (κ1) is 12.1. The van der Waals surface area contributed by atoms with Crippen LogP contribution >= 0.6 is 27.3 Å². The quantitative estimate of drug-likeness (QED) is 0.880. The van der Waals surface area contributed by atoms with Crippen molar-refractivity contribution in [3.63, 3.8) is 0 Å². The highest BCUT2D eigenvalue weighted by Gasteiger charge is 2.17. The molecule has 2 N–H and O–H groups in total. The number of amides is 1. The van der Waals surface area contributed by atoms with Gasteiger partial charge >= 0.3 is 0 Å². The summed E-state index contributed by atoms with van der Waals surface area (Å²) < 4.78 is 1.04. The monoisotopic (exact) mass is 302 g/mol. The van der Waals surface area contributed by atoms with Crippen molar-refractivity contribution in [2.75, 3.05) is 13.1 Å². The van der Waals surface area contributed by atoms with E-state index in [1.54, 1.807) is 0 Å². The van der Waals surface area contributed by atoms with Gasteiger partial charge in [-0.1, -0.05) is 0 Å². The summed E-state index contributed by atoms with van der Waals surface area (Å²) >= 11 is 4.93. The van der Waals surface area contributed by atoms with E-state index in [-0.39, 0.29) is 11.9 Å². The van der Waals surface area contributed by atoms with Gasteiger partial charge in [-0.2, -0.15) is 0 Å². The molecule has 0 bridgehead atoms. The number of hydrogen-bond acceptors (Lipinski definition) is 3. The molecule has 0 saturated carbocycles. The summed E-state index contributed by atoms with van der Waals surface area (Å²) in [6.45, 7) is 3.95. The lowest BCUT2D eigenvalue weighted by molar-refractivity contribution is 0.0935. The van der Waals surface area contributed by atoms with E-state index in [0.717, 1.165) is 40.2 Å². The molecule has 3 nitrogen and oxygen atoms in total. The van der Waals surface area contributed by atoms with E-state index in [1.165, 1.54) is 11.3 Å². The average Bonchev–Trinajstić information content (AvgIpc) is 2.61. The van der Waals surface area contributed by atoms with Gasteiger partial charge in [-0.3, -0.25) is 4.79 Å². The van der Waals surface area contributed by atoms with Gasteiger partial charge in [0.2, 0.25) is 0 Å². The number of thiophene rings is 1. The Morgan fingerprint density at radius 1 is 1.69 bits per heavy atom. The summed E-state index contributed by atoms with van der Waals surface area (Å²) in [6, 6.07) is 2.21. The molecule has 1 aliphatic heterocycles. The van der Waals surface area contributed by atoms with E-state index in [1.807, 2.05) is 13.0 Å². The molecule has 1 atom stereocenters. The zero-order valence-electron chi connectivity index (χ0n) is 9.18. The number of carbonyl (C=O) groups is 1. The number of piperidine rings is 1. The first-order valence-electron chi connectivity index (χ1n) is 5.44. The van der Waals surface area contributed by atoms with E-state index in [4.69, 9.17) is 0 Å². The van der Waals surface area contributed by atoms with Crippen LogP contribution < -0.4 is 10.6 Å². The second-order valence-electron chi connectivity index (χ2n) is 4.08. The summed E-state index contributed by atoms with van der Waals surface area (Å²) in [6.07, 6.45) is 2.21. The molecule has 1 saturated heterocycles. The molecule has 2 rings (SSSR count). The lowest BCUT2D eigenvalue weighted by Crippen LogP contribution is -2.45. The molecular formula is C11H15BrN2OS. The summed E-state index contributed by atoms with van der Waals surface area (Å²) in [7, 11) is 0. The van der Waals surface area contributed by atoms with Gasteiger partial charge in [-0.15, -0.1) is 11.3 Å². The van der Waals surface area contributed by atoms with Gasteiger partial charge in [0.15, 0.2) is 0 Å². The second kappa shape index (κ2) is 5.29. The van der Waals surface area contributed by atoms with Crippen LogP contribution in [0.1, 0.15) is 28.1 Å².